The van der Waals surface area contributed by atoms with Crippen LogP contribution in [0.15, 0.2) is 243 Å². The monoisotopic (exact) mass is 806 g/mol. The zero-order chi connectivity index (χ0) is 42.3. The molecule has 63 heavy (non-hydrogen) atoms. The summed E-state index contributed by atoms with van der Waals surface area (Å²) in [5.74, 6) is 0. The van der Waals surface area contributed by atoms with E-state index in [9.17, 15) is 0 Å². The van der Waals surface area contributed by atoms with E-state index in [2.05, 4.69) is 266 Å². The van der Waals surface area contributed by atoms with E-state index in [-0.39, 0.29) is 5.41 Å². The van der Waals surface area contributed by atoms with Crippen molar-refractivity contribution in [2.45, 2.75) is 19.3 Å². The lowest BCUT2D eigenvalue weighted by atomic mass is 9.81. The Morgan fingerprint density at radius 1 is 0.302 bits per heavy atom. The van der Waals surface area contributed by atoms with Gasteiger partial charge in [0.15, 0.2) is 0 Å². The standard InChI is InChI=1S/C61H46N2/c1-61(2)57-41-48(47-31-36-53(37-32-47)62(50-22-11-5-12-23-50)52-34-27-45(28-35-52)43-17-7-3-8-18-43)33-40-56(57)59-58(61)42-49-21-15-16-26-55(49)60(59)63(51-24-13-6-14-25-51)54-38-29-46(30-39-54)44-19-9-4-10-20-44/h3-42H,1-2H3. The zero-order valence-corrected chi connectivity index (χ0v) is 35.5. The quantitative estimate of drug-likeness (QED) is 0.143. The molecule has 0 aromatic heterocycles. The van der Waals surface area contributed by atoms with E-state index >= 15 is 0 Å². The van der Waals surface area contributed by atoms with Crippen molar-refractivity contribution in [1.82, 2.24) is 0 Å². The molecule has 0 unspecified atom stereocenters. The van der Waals surface area contributed by atoms with E-state index in [1.165, 1.54) is 72.1 Å². The normalized spacial score (nSPS) is 12.4. The van der Waals surface area contributed by atoms with E-state index in [1.54, 1.807) is 0 Å². The minimum atomic E-state index is -0.241. The summed E-state index contributed by atoms with van der Waals surface area (Å²) in [6.45, 7) is 4.79. The lowest BCUT2D eigenvalue weighted by Crippen LogP contribution is -2.16. The van der Waals surface area contributed by atoms with Crippen molar-refractivity contribution < 1.29 is 0 Å². The fourth-order valence-electron chi connectivity index (χ4n) is 9.61. The van der Waals surface area contributed by atoms with Crippen LogP contribution < -0.4 is 9.80 Å². The number of hydrogen-bond donors (Lipinski definition) is 0. The van der Waals surface area contributed by atoms with Gasteiger partial charge in [-0.3, -0.25) is 0 Å². The molecule has 0 bridgehead atoms. The molecule has 0 heterocycles. The number of nitrogens with zero attached hydrogens (tertiary/aromatic N) is 2. The number of rotatable bonds is 9. The van der Waals surface area contributed by atoms with Crippen LogP contribution in [0.2, 0.25) is 0 Å². The molecule has 0 radical (unpaired) electrons. The van der Waals surface area contributed by atoms with Gasteiger partial charge in [-0.1, -0.05) is 184 Å². The summed E-state index contributed by atoms with van der Waals surface area (Å²) in [6.07, 6.45) is 0. The Morgan fingerprint density at radius 2 is 0.683 bits per heavy atom. The van der Waals surface area contributed by atoms with Crippen molar-refractivity contribution in [3.8, 4) is 44.5 Å². The lowest BCUT2D eigenvalue weighted by molar-refractivity contribution is 0.661. The molecule has 0 spiro atoms. The molecule has 1 aliphatic rings. The average molecular weight is 807 g/mol. The van der Waals surface area contributed by atoms with E-state index in [1.807, 2.05) is 0 Å². The first-order valence-corrected chi connectivity index (χ1v) is 21.8. The first kappa shape index (κ1) is 38.0. The molecule has 1 aliphatic carbocycles. The second-order valence-electron chi connectivity index (χ2n) is 17.0. The molecule has 2 nitrogen and oxygen atoms in total. The molecule has 0 saturated heterocycles. The van der Waals surface area contributed by atoms with Gasteiger partial charge < -0.3 is 9.80 Å². The Hall–Kier alpha value is -7.94. The Bertz CT molecular complexity index is 3190. The molecule has 0 aliphatic heterocycles. The fraction of sp³-hybridized carbons (Fsp3) is 0.0492. The van der Waals surface area contributed by atoms with Crippen LogP contribution in [-0.4, -0.2) is 0 Å². The summed E-state index contributed by atoms with van der Waals surface area (Å²) < 4.78 is 0. The van der Waals surface area contributed by atoms with Gasteiger partial charge in [-0.25, -0.2) is 0 Å². The molecule has 0 atom stereocenters. The number of hydrogen-bond acceptors (Lipinski definition) is 2. The SMILES string of the molecule is CC1(C)c2cc(-c3ccc(N(c4ccccc4)c4ccc(-c5ccccc5)cc4)cc3)ccc2-c2c1cc1ccccc1c2N(c1ccccc1)c1ccc(-c2ccccc2)cc1. The highest BCUT2D eigenvalue weighted by atomic mass is 15.2. The predicted molar refractivity (Wildman–Crippen MR) is 267 cm³/mol. The molecule has 10 aromatic rings. The number of fused-ring (bicyclic) bond motifs is 4. The molecule has 0 amide bonds. The minimum Gasteiger partial charge on any atom is -0.311 e. The molecular formula is C61H46N2. The highest BCUT2D eigenvalue weighted by molar-refractivity contribution is 6.10. The van der Waals surface area contributed by atoms with Crippen LogP contribution in [0.5, 0.6) is 0 Å². The Labute approximate surface area is 370 Å². The minimum absolute atomic E-state index is 0.241. The number of benzene rings is 10. The van der Waals surface area contributed by atoms with Gasteiger partial charge in [0.1, 0.15) is 0 Å². The first-order valence-electron chi connectivity index (χ1n) is 21.8. The highest BCUT2D eigenvalue weighted by Gasteiger charge is 2.39. The summed E-state index contributed by atoms with van der Waals surface area (Å²) >= 11 is 0. The van der Waals surface area contributed by atoms with Gasteiger partial charge in [0.2, 0.25) is 0 Å². The van der Waals surface area contributed by atoms with Gasteiger partial charge in [0.05, 0.1) is 5.69 Å². The van der Waals surface area contributed by atoms with Crippen LogP contribution >= 0.6 is 0 Å². The summed E-state index contributed by atoms with van der Waals surface area (Å²) in [7, 11) is 0. The molecule has 11 rings (SSSR count). The molecule has 300 valence electrons. The maximum atomic E-state index is 2.47. The van der Waals surface area contributed by atoms with Crippen LogP contribution in [-0.2, 0) is 5.41 Å². The third-order valence-corrected chi connectivity index (χ3v) is 12.8. The highest BCUT2D eigenvalue weighted by Crippen LogP contribution is 2.57. The van der Waals surface area contributed by atoms with Crippen molar-refractivity contribution in [2.24, 2.45) is 0 Å². The van der Waals surface area contributed by atoms with Gasteiger partial charge in [0.25, 0.3) is 0 Å². The largest absolute Gasteiger partial charge is 0.311 e. The van der Waals surface area contributed by atoms with Crippen LogP contribution in [0.25, 0.3) is 55.3 Å². The summed E-state index contributed by atoms with van der Waals surface area (Å²) in [4.78, 5) is 4.81. The van der Waals surface area contributed by atoms with Crippen molar-refractivity contribution in [3.05, 3.63) is 254 Å². The van der Waals surface area contributed by atoms with Gasteiger partial charge >= 0.3 is 0 Å². The summed E-state index contributed by atoms with van der Waals surface area (Å²) in [6, 6.07) is 88.1. The van der Waals surface area contributed by atoms with E-state index in [4.69, 9.17) is 0 Å². The van der Waals surface area contributed by atoms with E-state index < -0.39 is 0 Å². The van der Waals surface area contributed by atoms with Crippen molar-refractivity contribution in [1.29, 1.82) is 0 Å². The second-order valence-corrected chi connectivity index (χ2v) is 17.0. The molecule has 0 fully saturated rings. The molecule has 10 aromatic carbocycles. The smallest absolute Gasteiger partial charge is 0.0621 e. The van der Waals surface area contributed by atoms with Gasteiger partial charge in [-0.05, 0) is 128 Å². The average Bonchev–Trinajstić information content (AvgIpc) is 3.58. The van der Waals surface area contributed by atoms with Crippen molar-refractivity contribution in [2.75, 3.05) is 9.80 Å². The Kier molecular flexibility index (Phi) is 9.55. The lowest BCUT2D eigenvalue weighted by Gasteiger charge is -2.30. The first-order chi connectivity index (χ1) is 31.0. The van der Waals surface area contributed by atoms with Crippen LogP contribution in [0.3, 0.4) is 0 Å². The summed E-state index contributed by atoms with van der Waals surface area (Å²) in [5, 5.41) is 2.47. The van der Waals surface area contributed by atoms with E-state index in [0.717, 1.165) is 28.4 Å². The predicted octanol–water partition coefficient (Wildman–Crippen LogP) is 17.1. The fourth-order valence-corrected chi connectivity index (χ4v) is 9.61. The third kappa shape index (κ3) is 6.87. The molecule has 0 N–H and O–H groups in total. The van der Waals surface area contributed by atoms with Gasteiger partial charge in [0, 0.05) is 44.8 Å². The maximum absolute atomic E-state index is 2.47. The Balaban J connectivity index is 1.00. The molecule has 2 heteroatoms. The molecular weight excluding hydrogens is 761 g/mol. The topological polar surface area (TPSA) is 6.48 Å². The van der Waals surface area contributed by atoms with Crippen LogP contribution in [0, 0.1) is 0 Å². The summed E-state index contributed by atoms with van der Waals surface area (Å²) in [5.41, 5.74) is 19.1. The van der Waals surface area contributed by atoms with Crippen molar-refractivity contribution >= 4 is 44.9 Å². The zero-order valence-electron chi connectivity index (χ0n) is 35.5. The second kappa shape index (κ2) is 15.8. The maximum Gasteiger partial charge on any atom is 0.0621 e. The number of anilines is 6. The Morgan fingerprint density at radius 3 is 1.21 bits per heavy atom. The van der Waals surface area contributed by atoms with Gasteiger partial charge in [-0.2, -0.15) is 0 Å². The van der Waals surface area contributed by atoms with Gasteiger partial charge in [-0.15, -0.1) is 0 Å². The van der Waals surface area contributed by atoms with Crippen LogP contribution in [0.1, 0.15) is 25.0 Å². The van der Waals surface area contributed by atoms with E-state index in [0.29, 0.717) is 0 Å². The van der Waals surface area contributed by atoms with Crippen molar-refractivity contribution in [3.63, 3.8) is 0 Å². The number of para-hydroxylation sites is 2. The third-order valence-electron chi connectivity index (χ3n) is 12.8. The molecule has 0 saturated carbocycles. The van der Waals surface area contributed by atoms with Crippen LogP contribution in [0.4, 0.5) is 34.1 Å².